The number of phenols is 1. The smallest absolute Gasteiger partial charge is 0.508 e. The number of piperidine rings is 1. The first kappa shape index (κ1) is 30.0. The van der Waals surface area contributed by atoms with E-state index in [-0.39, 0.29) is 22.9 Å². The van der Waals surface area contributed by atoms with E-state index in [0.717, 1.165) is 60.7 Å². The Balaban J connectivity index is 1.35. The molecule has 45 heavy (non-hydrogen) atoms. The Kier molecular flexibility index (Phi) is 8.11. The number of rotatable bonds is 7. The monoisotopic (exact) mass is 618 g/mol. The van der Waals surface area contributed by atoms with Crippen LogP contribution in [0.5, 0.6) is 11.5 Å². The van der Waals surface area contributed by atoms with Crippen LogP contribution in [0.3, 0.4) is 0 Å². The van der Waals surface area contributed by atoms with Crippen LogP contribution in [-0.2, 0) is 0 Å². The fraction of sp³-hybridized carbons (Fsp3) is 0.206. The van der Waals surface area contributed by atoms with E-state index in [0.29, 0.717) is 16.8 Å². The molecule has 11 heteroatoms. The summed E-state index contributed by atoms with van der Waals surface area (Å²) in [6.07, 6.45) is -3.26. The Labute approximate surface area is 256 Å². The lowest BCUT2D eigenvalue weighted by Gasteiger charge is -2.32. The van der Waals surface area contributed by atoms with Gasteiger partial charge >= 0.3 is 6.36 Å². The Morgan fingerprint density at radius 3 is 2.40 bits per heavy atom. The molecule has 1 fully saturated rings. The molecular weight excluding hydrogens is 588 g/mol. The Bertz CT molecular complexity index is 1800. The highest BCUT2D eigenvalue weighted by atomic mass is 19.4. The van der Waals surface area contributed by atoms with Crippen LogP contribution in [0.4, 0.5) is 23.2 Å². The van der Waals surface area contributed by atoms with Crippen molar-refractivity contribution in [3.8, 4) is 22.6 Å². The molecule has 0 radical (unpaired) electrons. The summed E-state index contributed by atoms with van der Waals surface area (Å²) in [5.74, 6) is -2.25. The van der Waals surface area contributed by atoms with Crippen molar-refractivity contribution in [2.45, 2.75) is 31.3 Å². The van der Waals surface area contributed by atoms with Crippen molar-refractivity contribution >= 4 is 22.5 Å². The summed E-state index contributed by atoms with van der Waals surface area (Å²) < 4.78 is 58.6. The molecule has 0 saturated carbocycles. The second-order valence-corrected chi connectivity index (χ2v) is 11.1. The number of aromatic hydroxyl groups is 1. The van der Waals surface area contributed by atoms with Crippen LogP contribution in [-0.4, -0.2) is 41.5 Å². The van der Waals surface area contributed by atoms with Crippen molar-refractivity contribution in [2.75, 3.05) is 18.0 Å². The van der Waals surface area contributed by atoms with Crippen LogP contribution >= 0.6 is 0 Å². The highest BCUT2D eigenvalue weighted by Gasteiger charge is 2.32. The second kappa shape index (κ2) is 12.2. The van der Waals surface area contributed by atoms with E-state index >= 15 is 0 Å². The van der Waals surface area contributed by atoms with Gasteiger partial charge in [-0.25, -0.2) is 4.39 Å². The topological polar surface area (TPSA) is 104 Å². The normalized spacial score (nSPS) is 14.8. The van der Waals surface area contributed by atoms with Gasteiger partial charge in [-0.1, -0.05) is 30.3 Å². The van der Waals surface area contributed by atoms with Crippen molar-refractivity contribution in [2.24, 2.45) is 5.73 Å². The zero-order valence-corrected chi connectivity index (χ0v) is 23.9. The average molecular weight is 619 g/mol. The lowest BCUT2D eigenvalue weighted by molar-refractivity contribution is -0.274. The number of halogens is 4. The van der Waals surface area contributed by atoms with E-state index in [1.54, 1.807) is 18.2 Å². The van der Waals surface area contributed by atoms with Gasteiger partial charge in [-0.2, -0.15) is 0 Å². The second-order valence-electron chi connectivity index (χ2n) is 11.1. The molecule has 1 aliphatic heterocycles. The zero-order valence-electron chi connectivity index (χ0n) is 23.9. The number of carbonyl (C=O) groups is 1. The van der Waals surface area contributed by atoms with E-state index in [1.165, 1.54) is 18.2 Å². The number of carbonyl (C=O) groups excluding carboxylic acids is 1. The molecule has 0 bridgehead atoms. The van der Waals surface area contributed by atoms with Gasteiger partial charge in [0.25, 0.3) is 5.91 Å². The quantitative estimate of drug-likeness (QED) is 0.147. The van der Waals surface area contributed by atoms with E-state index in [2.05, 4.69) is 19.9 Å². The van der Waals surface area contributed by atoms with Gasteiger partial charge in [0, 0.05) is 47.2 Å². The maximum Gasteiger partial charge on any atom is 0.573 e. The molecule has 5 N–H and O–H groups in total. The molecule has 1 saturated heterocycles. The number of para-hydroxylation sites is 1. The van der Waals surface area contributed by atoms with E-state index in [9.17, 15) is 27.5 Å². The number of alkyl halides is 3. The van der Waals surface area contributed by atoms with Crippen molar-refractivity contribution in [1.29, 1.82) is 0 Å². The standard InChI is InChI=1S/C34H30F4N4O3/c35-24-7-10-31(43)28(19-24)32(30-18-21-3-1-2-4-29(21)40-30)41-33(44)23-15-22(16-27(17-23)45-34(36,37)38)20-5-8-26(9-6-20)42-13-11-25(39)12-14-42/h1-10,15-19,25,32,40,43H,11-14,39H2,(H,41,44)/t32-/m1/s1. The van der Waals surface area contributed by atoms with Gasteiger partial charge in [0.05, 0.1) is 6.04 Å². The number of ether oxygens (including phenoxy) is 1. The van der Waals surface area contributed by atoms with E-state index < -0.39 is 29.9 Å². The summed E-state index contributed by atoms with van der Waals surface area (Å²) in [6.45, 7) is 1.61. The van der Waals surface area contributed by atoms with Crippen LogP contribution in [0.25, 0.3) is 22.0 Å². The van der Waals surface area contributed by atoms with Gasteiger partial charge in [0.1, 0.15) is 17.3 Å². The number of amides is 1. The summed E-state index contributed by atoms with van der Waals surface area (Å²) >= 11 is 0. The molecule has 1 aliphatic rings. The molecule has 0 spiro atoms. The molecule has 0 unspecified atom stereocenters. The number of fused-ring (bicyclic) bond motifs is 1. The number of anilines is 1. The van der Waals surface area contributed by atoms with Gasteiger partial charge in [0.15, 0.2) is 0 Å². The van der Waals surface area contributed by atoms with Crippen LogP contribution in [0.15, 0.2) is 91.0 Å². The van der Waals surface area contributed by atoms with Crippen LogP contribution in [0.1, 0.15) is 40.5 Å². The number of hydrogen-bond donors (Lipinski definition) is 4. The minimum atomic E-state index is -4.99. The fourth-order valence-corrected chi connectivity index (χ4v) is 5.66. The van der Waals surface area contributed by atoms with Crippen molar-refractivity contribution in [3.63, 3.8) is 0 Å². The molecule has 4 aromatic carbocycles. The first-order valence-electron chi connectivity index (χ1n) is 14.4. The van der Waals surface area contributed by atoms with Crippen molar-refractivity contribution < 1.29 is 32.2 Å². The summed E-state index contributed by atoms with van der Waals surface area (Å²) in [4.78, 5) is 19.1. The van der Waals surface area contributed by atoms with Crippen molar-refractivity contribution in [1.82, 2.24) is 10.3 Å². The van der Waals surface area contributed by atoms with Gasteiger partial charge in [0.2, 0.25) is 0 Å². The molecule has 232 valence electrons. The minimum absolute atomic E-state index is 0.0621. The molecular formula is C34H30F4N4O3. The molecule has 1 atom stereocenters. The largest absolute Gasteiger partial charge is 0.573 e. The van der Waals surface area contributed by atoms with E-state index in [1.807, 2.05) is 36.4 Å². The molecule has 7 nitrogen and oxygen atoms in total. The van der Waals surface area contributed by atoms with Crippen LogP contribution in [0, 0.1) is 5.82 Å². The number of aromatic amines is 1. The minimum Gasteiger partial charge on any atom is -0.508 e. The molecule has 5 aromatic rings. The SMILES string of the molecule is NC1CCN(c2ccc(-c3cc(OC(F)(F)F)cc(C(=O)N[C@@H](c4cc5ccccc5[nH]4)c4cc(F)ccc4O)c3)cc2)CC1. The van der Waals surface area contributed by atoms with Gasteiger partial charge < -0.3 is 30.8 Å². The lowest BCUT2D eigenvalue weighted by Crippen LogP contribution is -2.39. The first-order valence-corrected chi connectivity index (χ1v) is 14.4. The predicted octanol–water partition coefficient (Wildman–Crippen LogP) is 7.03. The Morgan fingerprint density at radius 2 is 1.69 bits per heavy atom. The lowest BCUT2D eigenvalue weighted by atomic mass is 9.99. The Hall–Kier alpha value is -5.03. The van der Waals surface area contributed by atoms with E-state index in [4.69, 9.17) is 5.73 Å². The number of aromatic nitrogens is 1. The van der Waals surface area contributed by atoms with Gasteiger partial charge in [-0.3, -0.25) is 4.79 Å². The molecule has 1 aromatic heterocycles. The molecule has 1 amide bonds. The summed E-state index contributed by atoms with van der Waals surface area (Å²) in [6, 6.07) is 22.5. The fourth-order valence-electron chi connectivity index (χ4n) is 5.66. The number of nitrogens with zero attached hydrogens (tertiary/aromatic N) is 1. The van der Waals surface area contributed by atoms with Crippen LogP contribution in [0.2, 0.25) is 0 Å². The molecule has 2 heterocycles. The molecule has 0 aliphatic carbocycles. The highest BCUT2D eigenvalue weighted by Crippen LogP contribution is 2.34. The number of nitrogens with two attached hydrogens (primary N) is 1. The Morgan fingerprint density at radius 1 is 0.956 bits per heavy atom. The number of H-pyrrole nitrogens is 1. The number of phenolic OH excluding ortho intramolecular Hbond substituents is 1. The third-order valence-corrected chi connectivity index (χ3v) is 7.95. The number of benzene rings is 4. The first-order chi connectivity index (χ1) is 21.5. The third-order valence-electron chi connectivity index (χ3n) is 7.95. The summed E-state index contributed by atoms with van der Waals surface area (Å²) in [5.41, 5.74) is 8.98. The van der Waals surface area contributed by atoms with Gasteiger partial charge in [-0.05, 0) is 90.0 Å². The summed E-state index contributed by atoms with van der Waals surface area (Å²) in [5, 5.41) is 14.2. The molecule has 6 rings (SSSR count). The third kappa shape index (κ3) is 6.88. The van der Waals surface area contributed by atoms with Crippen molar-refractivity contribution in [3.05, 3.63) is 114 Å². The average Bonchev–Trinajstić information content (AvgIpc) is 3.45. The highest BCUT2D eigenvalue weighted by molar-refractivity contribution is 5.97. The van der Waals surface area contributed by atoms with Gasteiger partial charge in [-0.15, -0.1) is 13.2 Å². The number of nitrogens with one attached hydrogen (secondary N) is 2. The predicted molar refractivity (Wildman–Crippen MR) is 164 cm³/mol. The maximum absolute atomic E-state index is 14.3. The van der Waals surface area contributed by atoms with Crippen LogP contribution < -0.4 is 20.7 Å². The summed E-state index contributed by atoms with van der Waals surface area (Å²) in [7, 11) is 0. The zero-order chi connectivity index (χ0) is 31.7. The number of hydrogen-bond acceptors (Lipinski definition) is 5. The maximum atomic E-state index is 14.3.